The van der Waals surface area contributed by atoms with E-state index < -0.39 is 0 Å². The van der Waals surface area contributed by atoms with Crippen molar-refractivity contribution in [2.24, 2.45) is 0 Å². The Morgan fingerprint density at radius 2 is 1.62 bits per heavy atom. The first-order valence-corrected chi connectivity index (χ1v) is 12.1. The van der Waals surface area contributed by atoms with Crippen LogP contribution in [0.25, 0.3) is 16.9 Å². The van der Waals surface area contributed by atoms with Gasteiger partial charge in [0.1, 0.15) is 17.2 Å². The maximum atomic E-state index is 13.1. The molecule has 6 nitrogen and oxygen atoms in total. The summed E-state index contributed by atoms with van der Waals surface area (Å²) in [4.78, 5) is 15.5. The number of hydrogen-bond acceptors (Lipinski definition) is 4. The number of hydrogen-bond donors (Lipinski definition) is 3. The van der Waals surface area contributed by atoms with E-state index in [2.05, 4.69) is 22.3 Å². The van der Waals surface area contributed by atoms with E-state index >= 15 is 0 Å². The molecule has 2 aromatic carbocycles. The number of nitrogens with one attached hydrogen (secondary N) is 1. The first-order chi connectivity index (χ1) is 16.2. The van der Waals surface area contributed by atoms with Crippen LogP contribution in [0.2, 0.25) is 0 Å². The van der Waals surface area contributed by atoms with E-state index in [1.54, 1.807) is 6.07 Å². The van der Waals surface area contributed by atoms with Crippen LogP contribution in [0.15, 0.2) is 48.5 Å². The largest absolute Gasteiger partial charge is 0.508 e. The van der Waals surface area contributed by atoms with Crippen LogP contribution in [0.4, 0.5) is 0 Å². The topological polar surface area (TPSA) is 77.7 Å². The minimum absolute atomic E-state index is 0.00300. The molecule has 0 bridgehead atoms. The van der Waals surface area contributed by atoms with Gasteiger partial charge in [-0.25, -0.2) is 0 Å². The SMILES string of the molecule is CC(C)NC(=O)c1ccc(-c2cc(C(C)C)c(O)cc2O)n1-c1ccc(CN2CCCC2)cc1. The number of phenols is 2. The van der Waals surface area contributed by atoms with Crippen LogP contribution >= 0.6 is 0 Å². The number of amides is 1. The summed E-state index contributed by atoms with van der Waals surface area (Å²) in [5.74, 6) is -0.0535. The van der Waals surface area contributed by atoms with Crippen molar-refractivity contribution in [1.29, 1.82) is 0 Å². The number of nitrogens with zero attached hydrogens (tertiary/aromatic N) is 2. The highest BCUT2D eigenvalue weighted by atomic mass is 16.3. The molecule has 0 radical (unpaired) electrons. The number of likely N-dealkylation sites (tertiary alicyclic amines) is 1. The Morgan fingerprint density at radius 1 is 0.941 bits per heavy atom. The van der Waals surface area contributed by atoms with Crippen LogP contribution < -0.4 is 5.32 Å². The summed E-state index contributed by atoms with van der Waals surface area (Å²) in [6.45, 7) is 11.1. The Kier molecular flexibility index (Phi) is 6.98. The molecule has 0 unspecified atom stereocenters. The van der Waals surface area contributed by atoms with Crippen molar-refractivity contribution in [3.05, 3.63) is 65.4 Å². The van der Waals surface area contributed by atoms with Gasteiger partial charge in [0, 0.05) is 29.9 Å². The normalized spacial score (nSPS) is 14.3. The second-order valence-electron chi connectivity index (χ2n) is 9.80. The van der Waals surface area contributed by atoms with Crippen molar-refractivity contribution in [3.63, 3.8) is 0 Å². The van der Waals surface area contributed by atoms with Crippen molar-refractivity contribution in [2.45, 2.75) is 59.0 Å². The molecule has 4 rings (SSSR count). The monoisotopic (exact) mass is 461 g/mol. The Morgan fingerprint density at radius 3 is 2.24 bits per heavy atom. The molecule has 34 heavy (non-hydrogen) atoms. The molecule has 180 valence electrons. The average molecular weight is 462 g/mol. The average Bonchev–Trinajstić information content (AvgIpc) is 3.44. The molecule has 3 N–H and O–H groups in total. The summed E-state index contributed by atoms with van der Waals surface area (Å²) in [7, 11) is 0. The zero-order valence-corrected chi connectivity index (χ0v) is 20.5. The Balaban J connectivity index is 1.79. The molecule has 0 atom stereocenters. The van der Waals surface area contributed by atoms with Gasteiger partial charge in [-0.15, -0.1) is 0 Å². The zero-order valence-electron chi connectivity index (χ0n) is 20.5. The molecular weight excluding hydrogens is 426 g/mol. The molecule has 1 aromatic heterocycles. The standard InChI is InChI=1S/C28H35N3O3/c1-18(2)22-15-23(27(33)16-26(22)32)24-11-12-25(28(34)29-19(3)4)31(24)21-9-7-20(8-10-21)17-30-13-5-6-14-30/h7-12,15-16,18-19,32-33H,5-6,13-14,17H2,1-4H3,(H,29,34). The van der Waals surface area contributed by atoms with Crippen molar-refractivity contribution >= 4 is 5.91 Å². The lowest BCUT2D eigenvalue weighted by molar-refractivity contribution is 0.0936. The predicted octanol–water partition coefficient (Wildman–Crippen LogP) is 5.41. The maximum absolute atomic E-state index is 13.1. The third-order valence-corrected chi connectivity index (χ3v) is 6.38. The first-order valence-electron chi connectivity index (χ1n) is 12.1. The maximum Gasteiger partial charge on any atom is 0.268 e. The number of carbonyl (C=O) groups excluding carboxylic acids is 1. The summed E-state index contributed by atoms with van der Waals surface area (Å²) in [5.41, 5.74) is 4.59. The Bertz CT molecular complexity index is 1160. The lowest BCUT2D eigenvalue weighted by atomic mass is 9.97. The molecule has 0 spiro atoms. The van der Waals surface area contributed by atoms with Crippen molar-refractivity contribution in [3.8, 4) is 28.4 Å². The third kappa shape index (κ3) is 4.97. The fourth-order valence-corrected chi connectivity index (χ4v) is 4.65. The van der Waals surface area contributed by atoms with Crippen molar-refractivity contribution < 1.29 is 15.0 Å². The fourth-order valence-electron chi connectivity index (χ4n) is 4.65. The summed E-state index contributed by atoms with van der Waals surface area (Å²) in [6.07, 6.45) is 2.52. The molecule has 1 aliphatic heterocycles. The van der Waals surface area contributed by atoms with Gasteiger partial charge in [0.2, 0.25) is 0 Å². The van der Waals surface area contributed by atoms with Gasteiger partial charge < -0.3 is 20.1 Å². The first kappa shape index (κ1) is 23.9. The van der Waals surface area contributed by atoms with E-state index in [1.165, 1.54) is 24.5 Å². The molecule has 1 aliphatic rings. The molecule has 3 aromatic rings. The molecule has 2 heterocycles. The highest BCUT2D eigenvalue weighted by Gasteiger charge is 2.22. The zero-order chi connectivity index (χ0) is 24.4. The number of aromatic hydroxyl groups is 2. The fraction of sp³-hybridized carbons (Fsp3) is 0.393. The minimum Gasteiger partial charge on any atom is -0.508 e. The van der Waals surface area contributed by atoms with E-state index in [0.29, 0.717) is 17.0 Å². The van der Waals surface area contributed by atoms with Crippen LogP contribution in [0.3, 0.4) is 0 Å². The molecular formula is C28H35N3O3. The van der Waals surface area contributed by atoms with Crippen LogP contribution in [0.5, 0.6) is 11.5 Å². The molecule has 0 aliphatic carbocycles. The summed E-state index contributed by atoms with van der Waals surface area (Å²) >= 11 is 0. The third-order valence-electron chi connectivity index (χ3n) is 6.38. The Labute approximate surface area is 201 Å². The lowest BCUT2D eigenvalue weighted by Gasteiger charge is -2.18. The van der Waals surface area contributed by atoms with Gasteiger partial charge in [0.25, 0.3) is 5.91 Å². The van der Waals surface area contributed by atoms with Crippen LogP contribution in [-0.4, -0.2) is 44.7 Å². The quantitative estimate of drug-likeness (QED) is 0.439. The van der Waals surface area contributed by atoms with Gasteiger partial charge >= 0.3 is 0 Å². The van der Waals surface area contributed by atoms with Gasteiger partial charge in [0.05, 0.1) is 5.69 Å². The molecule has 0 saturated carbocycles. The summed E-state index contributed by atoms with van der Waals surface area (Å²) in [5, 5.41) is 24.0. The van der Waals surface area contributed by atoms with E-state index in [-0.39, 0.29) is 29.4 Å². The number of phenolic OH excluding ortho intramolecular Hbond substituents is 2. The molecule has 6 heteroatoms. The van der Waals surface area contributed by atoms with Crippen molar-refractivity contribution in [2.75, 3.05) is 13.1 Å². The highest BCUT2D eigenvalue weighted by molar-refractivity contribution is 5.95. The van der Waals surface area contributed by atoms with Gasteiger partial charge in [0.15, 0.2) is 0 Å². The Hall–Kier alpha value is -3.25. The molecule has 1 fully saturated rings. The second kappa shape index (κ2) is 9.94. The van der Waals surface area contributed by atoms with Gasteiger partial charge in [-0.1, -0.05) is 26.0 Å². The lowest BCUT2D eigenvalue weighted by Crippen LogP contribution is -2.31. The van der Waals surface area contributed by atoms with Gasteiger partial charge in [-0.05, 0) is 87.2 Å². The number of benzene rings is 2. The van der Waals surface area contributed by atoms with Crippen LogP contribution in [0.1, 0.15) is 68.1 Å². The highest BCUT2D eigenvalue weighted by Crippen LogP contribution is 2.39. The number of carbonyl (C=O) groups is 1. The summed E-state index contributed by atoms with van der Waals surface area (Å²) < 4.78 is 1.88. The van der Waals surface area contributed by atoms with E-state index in [1.807, 2.05) is 56.5 Å². The van der Waals surface area contributed by atoms with E-state index in [0.717, 1.165) is 30.9 Å². The van der Waals surface area contributed by atoms with Gasteiger partial charge in [-0.2, -0.15) is 0 Å². The minimum atomic E-state index is -0.176. The second-order valence-corrected chi connectivity index (χ2v) is 9.80. The van der Waals surface area contributed by atoms with Gasteiger partial charge in [-0.3, -0.25) is 9.69 Å². The number of aromatic nitrogens is 1. The summed E-state index contributed by atoms with van der Waals surface area (Å²) in [6, 6.07) is 15.1. The molecule has 1 saturated heterocycles. The van der Waals surface area contributed by atoms with Crippen molar-refractivity contribution in [1.82, 2.24) is 14.8 Å². The smallest absolute Gasteiger partial charge is 0.268 e. The van der Waals surface area contributed by atoms with E-state index in [9.17, 15) is 15.0 Å². The number of rotatable bonds is 7. The predicted molar refractivity (Wildman–Crippen MR) is 136 cm³/mol. The molecule has 1 amide bonds. The van der Waals surface area contributed by atoms with Crippen LogP contribution in [-0.2, 0) is 6.54 Å². The van der Waals surface area contributed by atoms with Crippen LogP contribution in [0, 0.1) is 0 Å². The van der Waals surface area contributed by atoms with E-state index in [4.69, 9.17) is 0 Å².